The molecule has 17 heavy (non-hydrogen) atoms. The van der Waals surface area contributed by atoms with Crippen molar-refractivity contribution < 1.29 is 9.53 Å². The second-order valence-corrected chi connectivity index (χ2v) is 11.7. The van der Waals surface area contributed by atoms with Crippen molar-refractivity contribution in [2.24, 2.45) is 5.92 Å². The van der Waals surface area contributed by atoms with Gasteiger partial charge in [-0.25, -0.2) is 0 Å². The van der Waals surface area contributed by atoms with E-state index in [2.05, 4.69) is 33.9 Å². The van der Waals surface area contributed by atoms with E-state index in [-0.39, 0.29) is 5.04 Å². The Morgan fingerprint density at radius 3 is 2.29 bits per heavy atom. The maximum Gasteiger partial charge on any atom is 0.192 e. The average molecular weight is 258 g/mol. The molecule has 0 aromatic rings. The van der Waals surface area contributed by atoms with Crippen LogP contribution in [-0.4, -0.2) is 26.1 Å². The lowest BCUT2D eigenvalue weighted by Gasteiger charge is -2.43. The summed E-state index contributed by atoms with van der Waals surface area (Å²) in [6.45, 7) is 11.9. The normalized spacial score (nSPS) is 27.2. The fourth-order valence-corrected chi connectivity index (χ4v) is 3.80. The lowest BCUT2D eigenvalue weighted by Crippen LogP contribution is -2.46. The Hall–Kier alpha value is 0.137. The molecule has 1 unspecified atom stereocenters. The summed E-state index contributed by atoms with van der Waals surface area (Å²) >= 11 is 0. The molecule has 1 N–H and O–H groups in total. The number of hydrogen-bond acceptors (Lipinski definition) is 2. The topological polar surface area (TPSA) is 29.5 Å². The molecule has 0 bridgehead atoms. The molecule has 1 aliphatic carbocycles. The van der Waals surface area contributed by atoms with Gasteiger partial charge < -0.3 is 9.53 Å². The van der Waals surface area contributed by atoms with Crippen molar-refractivity contribution >= 4 is 8.32 Å². The second-order valence-electron chi connectivity index (χ2n) is 6.97. The van der Waals surface area contributed by atoms with Gasteiger partial charge in [0.1, 0.15) is 0 Å². The first-order valence-electron chi connectivity index (χ1n) is 7.06. The first kappa shape index (κ1) is 15.2. The molecule has 1 saturated carbocycles. The van der Waals surface area contributed by atoms with Gasteiger partial charge in [-0.05, 0) is 43.3 Å². The Balaban J connectivity index is 2.64. The molecular weight excluding hydrogens is 228 g/mol. The summed E-state index contributed by atoms with van der Waals surface area (Å²) < 4.78 is 6.54. The Morgan fingerprint density at radius 2 is 1.76 bits per heavy atom. The van der Waals surface area contributed by atoms with E-state index in [1.54, 1.807) is 0 Å². The highest BCUT2D eigenvalue weighted by Gasteiger charge is 2.41. The Kier molecular flexibility index (Phi) is 5.23. The summed E-state index contributed by atoms with van der Waals surface area (Å²) in [5.41, 5.74) is 0. The van der Waals surface area contributed by atoms with E-state index in [0.717, 1.165) is 6.42 Å². The predicted octanol–water partition coefficient (Wildman–Crippen LogP) is 3.95. The smallest absolute Gasteiger partial charge is 0.192 e. The Labute approximate surface area is 108 Å². The molecule has 0 saturated heterocycles. The van der Waals surface area contributed by atoms with Crippen molar-refractivity contribution in [3.05, 3.63) is 0 Å². The van der Waals surface area contributed by atoms with Crippen molar-refractivity contribution in [1.82, 2.24) is 0 Å². The monoisotopic (exact) mass is 258 g/mol. The number of hydrogen-bond donors (Lipinski definition) is 1. The molecule has 0 amide bonds. The van der Waals surface area contributed by atoms with Gasteiger partial charge in [-0.1, -0.05) is 33.6 Å². The lowest BCUT2D eigenvalue weighted by molar-refractivity contribution is 0.0637. The van der Waals surface area contributed by atoms with E-state index in [1.807, 2.05) is 0 Å². The molecule has 3 heteroatoms. The molecular formula is C14H30O2Si. The standard InChI is InChI=1S/C14H30O2Si/c1-14(2,3)17(4,5)16-13-9-7-6-8-12(13)10-11-15/h12-13,15H,6-11H2,1-5H3/t12-,13?/m0/s1. The van der Waals surface area contributed by atoms with Crippen LogP contribution < -0.4 is 0 Å². The quantitative estimate of drug-likeness (QED) is 0.774. The van der Waals surface area contributed by atoms with Crippen LogP contribution in [0.1, 0.15) is 52.9 Å². The van der Waals surface area contributed by atoms with E-state index in [0.29, 0.717) is 18.6 Å². The molecule has 0 aromatic carbocycles. The van der Waals surface area contributed by atoms with Crippen molar-refractivity contribution in [3.63, 3.8) is 0 Å². The van der Waals surface area contributed by atoms with Crippen molar-refractivity contribution in [2.75, 3.05) is 6.61 Å². The third-order valence-electron chi connectivity index (χ3n) is 4.59. The van der Waals surface area contributed by atoms with Gasteiger partial charge in [0.25, 0.3) is 0 Å². The molecule has 0 aliphatic heterocycles. The van der Waals surface area contributed by atoms with E-state index in [9.17, 15) is 0 Å². The van der Waals surface area contributed by atoms with Crippen LogP contribution in [0, 0.1) is 5.92 Å². The zero-order valence-corrected chi connectivity index (χ0v) is 13.3. The molecule has 1 aliphatic rings. The van der Waals surface area contributed by atoms with Crippen LogP contribution in [0.4, 0.5) is 0 Å². The molecule has 2 nitrogen and oxygen atoms in total. The highest BCUT2D eigenvalue weighted by Crippen LogP contribution is 2.40. The molecule has 1 rings (SSSR count). The Morgan fingerprint density at radius 1 is 1.18 bits per heavy atom. The predicted molar refractivity (Wildman–Crippen MR) is 75.7 cm³/mol. The molecule has 0 radical (unpaired) electrons. The molecule has 0 aromatic heterocycles. The molecule has 1 fully saturated rings. The largest absolute Gasteiger partial charge is 0.414 e. The van der Waals surface area contributed by atoms with Crippen LogP contribution in [0.5, 0.6) is 0 Å². The van der Waals surface area contributed by atoms with E-state index in [4.69, 9.17) is 9.53 Å². The van der Waals surface area contributed by atoms with E-state index < -0.39 is 8.32 Å². The third kappa shape index (κ3) is 4.07. The maximum absolute atomic E-state index is 9.15. The summed E-state index contributed by atoms with van der Waals surface area (Å²) in [5.74, 6) is 0.586. The number of aliphatic hydroxyl groups excluding tert-OH is 1. The minimum atomic E-state index is -1.64. The van der Waals surface area contributed by atoms with Gasteiger partial charge in [-0.3, -0.25) is 0 Å². The van der Waals surface area contributed by atoms with Gasteiger partial charge in [0.15, 0.2) is 8.32 Å². The fourth-order valence-electron chi connectivity index (χ4n) is 2.38. The molecule has 0 spiro atoms. The first-order valence-corrected chi connectivity index (χ1v) is 9.97. The van der Waals surface area contributed by atoms with Crippen LogP contribution in [0.25, 0.3) is 0 Å². The van der Waals surface area contributed by atoms with Crippen LogP contribution in [-0.2, 0) is 4.43 Å². The van der Waals surface area contributed by atoms with Gasteiger partial charge in [0.05, 0.1) is 0 Å². The molecule has 102 valence electrons. The summed E-state index contributed by atoms with van der Waals surface area (Å²) in [6, 6.07) is 0. The second kappa shape index (κ2) is 5.85. The van der Waals surface area contributed by atoms with Gasteiger partial charge in [-0.2, -0.15) is 0 Å². The first-order chi connectivity index (χ1) is 7.78. The van der Waals surface area contributed by atoms with Crippen LogP contribution in [0.15, 0.2) is 0 Å². The minimum Gasteiger partial charge on any atom is -0.414 e. The van der Waals surface area contributed by atoms with Crippen molar-refractivity contribution in [1.29, 1.82) is 0 Å². The minimum absolute atomic E-state index is 0.286. The maximum atomic E-state index is 9.15. The summed E-state index contributed by atoms with van der Waals surface area (Å²) in [4.78, 5) is 0. The lowest BCUT2D eigenvalue weighted by atomic mass is 9.85. The summed E-state index contributed by atoms with van der Waals surface area (Å²) in [6.07, 6.45) is 6.34. The highest BCUT2D eigenvalue weighted by atomic mass is 28.4. The van der Waals surface area contributed by atoms with Gasteiger partial charge in [0.2, 0.25) is 0 Å². The molecule has 0 heterocycles. The summed E-state index contributed by atoms with van der Waals surface area (Å²) in [7, 11) is -1.64. The van der Waals surface area contributed by atoms with Crippen molar-refractivity contribution in [3.8, 4) is 0 Å². The van der Waals surface area contributed by atoms with Gasteiger partial charge in [0, 0.05) is 12.7 Å². The summed E-state index contributed by atoms with van der Waals surface area (Å²) in [5, 5.41) is 9.44. The van der Waals surface area contributed by atoms with Gasteiger partial charge >= 0.3 is 0 Å². The fraction of sp³-hybridized carbons (Fsp3) is 1.00. The average Bonchev–Trinajstić information content (AvgIpc) is 2.19. The number of aliphatic hydroxyl groups is 1. The zero-order chi connectivity index (χ0) is 13.1. The van der Waals surface area contributed by atoms with Crippen LogP contribution in [0.3, 0.4) is 0 Å². The highest BCUT2D eigenvalue weighted by molar-refractivity contribution is 6.74. The zero-order valence-electron chi connectivity index (χ0n) is 12.3. The van der Waals surface area contributed by atoms with Crippen molar-refractivity contribution in [2.45, 2.75) is 77.1 Å². The molecule has 2 atom stereocenters. The van der Waals surface area contributed by atoms with Gasteiger partial charge in [-0.15, -0.1) is 0 Å². The van der Waals surface area contributed by atoms with E-state index in [1.165, 1.54) is 25.7 Å². The van der Waals surface area contributed by atoms with Crippen LogP contribution in [0.2, 0.25) is 18.1 Å². The SMILES string of the molecule is CC(C)(C)[Si](C)(C)OC1CCCC[C@H]1CCO. The van der Waals surface area contributed by atoms with E-state index >= 15 is 0 Å². The van der Waals surface area contributed by atoms with Crippen LogP contribution >= 0.6 is 0 Å². The third-order valence-corrected chi connectivity index (χ3v) is 9.10. The Bertz CT molecular complexity index is 231. The number of rotatable bonds is 4.